The summed E-state index contributed by atoms with van der Waals surface area (Å²) in [5.74, 6) is 0. The molecule has 0 unspecified atom stereocenters. The van der Waals surface area contributed by atoms with Gasteiger partial charge in [-0.15, -0.1) is 0 Å². The zero-order valence-corrected chi connectivity index (χ0v) is 14.9. The van der Waals surface area contributed by atoms with E-state index in [1.54, 1.807) is 0 Å². The minimum Gasteiger partial charge on any atom is -0.305 e. The second-order valence-electron chi connectivity index (χ2n) is 7.16. The Labute approximate surface area is 148 Å². The average molecular weight is 336 g/mol. The van der Waals surface area contributed by atoms with E-state index in [0.717, 1.165) is 30.7 Å². The Morgan fingerprint density at radius 2 is 1.96 bits per heavy atom. The molecule has 1 atom stereocenters. The van der Waals surface area contributed by atoms with Gasteiger partial charge in [-0.1, -0.05) is 36.4 Å². The SMILES string of the molecule is CN(C)Cc1ccc([C@@H]2CCCN2Cc2cccc3nonc23)cc1. The fourth-order valence-electron chi connectivity index (χ4n) is 3.81. The molecule has 0 radical (unpaired) electrons. The molecule has 0 saturated carbocycles. The highest BCUT2D eigenvalue weighted by atomic mass is 16.6. The molecule has 5 heteroatoms. The number of fused-ring (bicyclic) bond motifs is 1. The molecule has 3 aromatic rings. The van der Waals surface area contributed by atoms with E-state index < -0.39 is 0 Å². The number of benzene rings is 2. The van der Waals surface area contributed by atoms with Crippen molar-refractivity contribution < 1.29 is 4.63 Å². The number of hydrogen-bond acceptors (Lipinski definition) is 5. The van der Waals surface area contributed by atoms with Crippen LogP contribution in [0.1, 0.15) is 35.6 Å². The third-order valence-corrected chi connectivity index (χ3v) is 4.97. The molecule has 5 nitrogen and oxygen atoms in total. The first-order chi connectivity index (χ1) is 12.2. The molecule has 130 valence electrons. The number of hydrogen-bond donors (Lipinski definition) is 0. The summed E-state index contributed by atoms with van der Waals surface area (Å²) >= 11 is 0. The molecule has 2 heterocycles. The Morgan fingerprint density at radius 1 is 1.12 bits per heavy atom. The maximum atomic E-state index is 4.90. The first kappa shape index (κ1) is 16.2. The van der Waals surface area contributed by atoms with E-state index in [4.69, 9.17) is 4.63 Å². The van der Waals surface area contributed by atoms with Crippen molar-refractivity contribution in [1.29, 1.82) is 0 Å². The van der Waals surface area contributed by atoms with Gasteiger partial charge in [0.15, 0.2) is 0 Å². The highest BCUT2D eigenvalue weighted by Gasteiger charge is 2.26. The number of rotatable bonds is 5. The van der Waals surface area contributed by atoms with Gasteiger partial charge < -0.3 is 4.90 Å². The second-order valence-corrected chi connectivity index (χ2v) is 7.16. The molecule has 1 aliphatic heterocycles. The van der Waals surface area contributed by atoms with Crippen LogP contribution in [0.4, 0.5) is 0 Å². The zero-order chi connectivity index (χ0) is 17.2. The van der Waals surface area contributed by atoms with Crippen LogP contribution >= 0.6 is 0 Å². The Kier molecular flexibility index (Phi) is 4.51. The Morgan fingerprint density at radius 3 is 2.76 bits per heavy atom. The summed E-state index contributed by atoms with van der Waals surface area (Å²) < 4.78 is 4.90. The summed E-state index contributed by atoms with van der Waals surface area (Å²) in [4.78, 5) is 4.74. The van der Waals surface area contributed by atoms with E-state index in [9.17, 15) is 0 Å². The predicted molar refractivity (Wildman–Crippen MR) is 98.0 cm³/mol. The summed E-state index contributed by atoms with van der Waals surface area (Å²) in [6, 6.07) is 15.7. The highest BCUT2D eigenvalue weighted by molar-refractivity contribution is 5.76. The van der Waals surface area contributed by atoms with E-state index >= 15 is 0 Å². The van der Waals surface area contributed by atoms with Gasteiger partial charge in [-0.2, -0.15) is 0 Å². The largest absolute Gasteiger partial charge is 0.305 e. The number of nitrogens with zero attached hydrogens (tertiary/aromatic N) is 4. The summed E-state index contributed by atoms with van der Waals surface area (Å²) in [6.07, 6.45) is 2.44. The van der Waals surface area contributed by atoms with Gasteiger partial charge >= 0.3 is 0 Å². The summed E-state index contributed by atoms with van der Waals surface area (Å²) in [7, 11) is 4.21. The number of aromatic nitrogens is 2. The van der Waals surface area contributed by atoms with Gasteiger partial charge in [0.05, 0.1) is 0 Å². The third kappa shape index (κ3) is 3.43. The second kappa shape index (κ2) is 6.94. The maximum Gasteiger partial charge on any atom is 0.139 e. The van der Waals surface area contributed by atoms with Crippen molar-refractivity contribution in [3.8, 4) is 0 Å². The molecule has 1 fully saturated rings. The summed E-state index contributed by atoms with van der Waals surface area (Å²) in [5.41, 5.74) is 5.67. The van der Waals surface area contributed by atoms with Crippen LogP contribution in [-0.4, -0.2) is 40.8 Å². The fourth-order valence-corrected chi connectivity index (χ4v) is 3.81. The third-order valence-electron chi connectivity index (χ3n) is 4.97. The minimum atomic E-state index is 0.475. The van der Waals surface area contributed by atoms with Crippen LogP contribution in [-0.2, 0) is 13.1 Å². The van der Waals surface area contributed by atoms with Crippen molar-refractivity contribution in [2.24, 2.45) is 0 Å². The van der Waals surface area contributed by atoms with Gasteiger partial charge in [0, 0.05) is 19.1 Å². The molecule has 25 heavy (non-hydrogen) atoms. The zero-order valence-electron chi connectivity index (χ0n) is 14.9. The molecule has 0 amide bonds. The van der Waals surface area contributed by atoms with Crippen molar-refractivity contribution in [2.75, 3.05) is 20.6 Å². The Hall–Kier alpha value is -2.24. The first-order valence-electron chi connectivity index (χ1n) is 8.88. The van der Waals surface area contributed by atoms with Gasteiger partial charge in [0.25, 0.3) is 0 Å². The summed E-state index contributed by atoms with van der Waals surface area (Å²) in [6.45, 7) is 2.98. The van der Waals surface area contributed by atoms with Crippen LogP contribution in [0.2, 0.25) is 0 Å². The molecule has 1 aliphatic rings. The van der Waals surface area contributed by atoms with Crippen LogP contribution in [0.5, 0.6) is 0 Å². The molecule has 2 aromatic carbocycles. The van der Waals surface area contributed by atoms with Crippen LogP contribution in [0.25, 0.3) is 11.0 Å². The van der Waals surface area contributed by atoms with Crippen molar-refractivity contribution in [3.05, 3.63) is 59.2 Å². The Bertz CT molecular complexity index is 840. The van der Waals surface area contributed by atoms with E-state index in [2.05, 4.69) is 64.5 Å². The minimum absolute atomic E-state index is 0.475. The topological polar surface area (TPSA) is 45.4 Å². The molecular formula is C20H24N4O. The Balaban J connectivity index is 1.53. The molecule has 4 rings (SSSR count). The molecule has 1 saturated heterocycles. The van der Waals surface area contributed by atoms with Crippen molar-refractivity contribution in [1.82, 2.24) is 20.1 Å². The lowest BCUT2D eigenvalue weighted by molar-refractivity contribution is 0.248. The van der Waals surface area contributed by atoms with E-state index in [1.807, 2.05) is 12.1 Å². The lowest BCUT2D eigenvalue weighted by Crippen LogP contribution is -2.23. The van der Waals surface area contributed by atoms with Gasteiger partial charge in [0.2, 0.25) is 0 Å². The molecule has 0 spiro atoms. The molecule has 0 aliphatic carbocycles. The van der Waals surface area contributed by atoms with Crippen LogP contribution in [0.3, 0.4) is 0 Å². The van der Waals surface area contributed by atoms with Crippen molar-refractivity contribution >= 4 is 11.0 Å². The highest BCUT2D eigenvalue weighted by Crippen LogP contribution is 2.34. The van der Waals surface area contributed by atoms with E-state index in [0.29, 0.717) is 6.04 Å². The molecule has 0 N–H and O–H groups in total. The van der Waals surface area contributed by atoms with Gasteiger partial charge in [-0.25, -0.2) is 4.63 Å². The van der Waals surface area contributed by atoms with Crippen LogP contribution in [0.15, 0.2) is 47.1 Å². The maximum absolute atomic E-state index is 4.90. The van der Waals surface area contributed by atoms with Crippen molar-refractivity contribution in [2.45, 2.75) is 32.0 Å². The normalized spacial score (nSPS) is 18.4. The van der Waals surface area contributed by atoms with Crippen LogP contribution in [0, 0.1) is 0 Å². The smallest absolute Gasteiger partial charge is 0.139 e. The molecule has 0 bridgehead atoms. The van der Waals surface area contributed by atoms with Crippen molar-refractivity contribution in [3.63, 3.8) is 0 Å². The predicted octanol–water partition coefficient (Wildman–Crippen LogP) is 3.62. The van der Waals surface area contributed by atoms with Gasteiger partial charge in [0.1, 0.15) is 11.0 Å². The van der Waals surface area contributed by atoms with Gasteiger partial charge in [-0.3, -0.25) is 4.90 Å². The molecule has 1 aromatic heterocycles. The molecular weight excluding hydrogens is 312 g/mol. The van der Waals surface area contributed by atoms with Gasteiger partial charge in [-0.05, 0) is 66.6 Å². The number of likely N-dealkylation sites (tertiary alicyclic amines) is 1. The standard InChI is InChI=1S/C20H24N4O/c1-23(2)13-15-8-10-16(11-9-15)19-7-4-12-24(19)14-17-5-3-6-18-20(17)22-25-21-18/h3,5-6,8-11,19H,4,7,12-14H2,1-2H3/t19-/m0/s1. The fraction of sp³-hybridized carbons (Fsp3) is 0.400. The van der Waals surface area contributed by atoms with Crippen LogP contribution < -0.4 is 0 Å². The average Bonchev–Trinajstić information content (AvgIpc) is 3.25. The quantitative estimate of drug-likeness (QED) is 0.712. The lowest BCUT2D eigenvalue weighted by atomic mass is 10.0. The summed E-state index contributed by atoms with van der Waals surface area (Å²) in [5, 5.41) is 8.04. The van der Waals surface area contributed by atoms with E-state index in [-0.39, 0.29) is 0 Å². The van der Waals surface area contributed by atoms with E-state index in [1.165, 1.54) is 29.5 Å². The monoisotopic (exact) mass is 336 g/mol. The first-order valence-corrected chi connectivity index (χ1v) is 8.88. The lowest BCUT2D eigenvalue weighted by Gasteiger charge is -2.25.